The minimum absolute atomic E-state index is 0.191. The van der Waals surface area contributed by atoms with E-state index in [0.717, 1.165) is 5.56 Å². The van der Waals surface area contributed by atoms with E-state index in [1.807, 2.05) is 36.1 Å². The Kier molecular flexibility index (Phi) is 5.26. The Hall–Kier alpha value is -3.62. The fourth-order valence-electron chi connectivity index (χ4n) is 3.58. The topological polar surface area (TPSA) is 92.6 Å². The smallest absolute Gasteiger partial charge is 0.322 e. The zero-order valence-corrected chi connectivity index (χ0v) is 17.3. The molecule has 0 atom stereocenters. The molecule has 0 bridgehead atoms. The van der Waals surface area contributed by atoms with Crippen molar-refractivity contribution in [2.45, 2.75) is 6.92 Å². The van der Waals surface area contributed by atoms with Crippen molar-refractivity contribution in [2.24, 2.45) is 7.05 Å². The van der Waals surface area contributed by atoms with Crippen molar-refractivity contribution < 1.29 is 9.53 Å². The second kappa shape index (κ2) is 8.02. The first-order valence-corrected chi connectivity index (χ1v) is 9.75. The number of methoxy groups -OCH3 is 1. The normalized spacial score (nSPS) is 14.1. The average molecular weight is 408 g/mol. The van der Waals surface area contributed by atoms with Gasteiger partial charge in [0.2, 0.25) is 0 Å². The van der Waals surface area contributed by atoms with Crippen LogP contribution in [0.2, 0.25) is 0 Å². The minimum Gasteiger partial charge on any atom is -0.495 e. The third kappa shape index (κ3) is 3.66. The average Bonchev–Trinajstić information content (AvgIpc) is 2.76. The first kappa shape index (κ1) is 19.7. The number of urea groups is 1. The van der Waals surface area contributed by atoms with E-state index in [2.05, 4.69) is 15.3 Å². The maximum Gasteiger partial charge on any atom is 0.322 e. The Morgan fingerprint density at radius 1 is 1.17 bits per heavy atom. The Morgan fingerprint density at radius 3 is 2.67 bits per heavy atom. The van der Waals surface area contributed by atoms with Gasteiger partial charge in [0.15, 0.2) is 11.5 Å². The number of nitrogens with one attached hydrogen (secondary N) is 1. The molecule has 30 heavy (non-hydrogen) atoms. The summed E-state index contributed by atoms with van der Waals surface area (Å²) in [5.74, 6) is 1.00. The maximum absolute atomic E-state index is 12.8. The summed E-state index contributed by atoms with van der Waals surface area (Å²) >= 11 is 0. The van der Waals surface area contributed by atoms with Crippen molar-refractivity contribution in [1.82, 2.24) is 19.4 Å². The van der Waals surface area contributed by atoms with Crippen LogP contribution >= 0.6 is 0 Å². The third-order valence-corrected chi connectivity index (χ3v) is 5.27. The highest BCUT2D eigenvalue weighted by atomic mass is 16.5. The largest absolute Gasteiger partial charge is 0.495 e. The van der Waals surface area contributed by atoms with E-state index in [-0.39, 0.29) is 11.6 Å². The SMILES string of the molecule is COc1ccc(C)cc1NC(=O)N1CCN(c2nc3cccnc3n(C)c2=O)CC1. The van der Waals surface area contributed by atoms with Crippen LogP contribution in [0.4, 0.5) is 16.3 Å². The Labute approximate surface area is 173 Å². The van der Waals surface area contributed by atoms with Crippen molar-refractivity contribution in [1.29, 1.82) is 0 Å². The van der Waals surface area contributed by atoms with Gasteiger partial charge in [0, 0.05) is 39.4 Å². The number of carbonyl (C=O) groups excluding carboxylic acids is 1. The lowest BCUT2D eigenvalue weighted by molar-refractivity contribution is 0.208. The molecule has 4 rings (SSSR count). The van der Waals surface area contributed by atoms with Crippen LogP contribution in [0.15, 0.2) is 41.3 Å². The van der Waals surface area contributed by atoms with Gasteiger partial charge in [-0.1, -0.05) is 6.07 Å². The molecule has 0 aliphatic carbocycles. The number of benzene rings is 1. The molecule has 9 heteroatoms. The van der Waals surface area contributed by atoms with E-state index in [4.69, 9.17) is 4.74 Å². The summed E-state index contributed by atoms with van der Waals surface area (Å²) in [6, 6.07) is 9.08. The second-order valence-electron chi connectivity index (χ2n) is 7.25. The van der Waals surface area contributed by atoms with Crippen molar-refractivity contribution in [3.05, 3.63) is 52.4 Å². The standard InChI is InChI=1S/C21H24N6O3/c1-14-6-7-17(30-3)16(13-14)24-21(29)27-11-9-26(10-12-27)19-20(28)25(2)18-15(23-19)5-4-8-22-18/h4-8,13H,9-12H2,1-3H3,(H,24,29). The van der Waals surface area contributed by atoms with Gasteiger partial charge in [0.25, 0.3) is 5.56 Å². The van der Waals surface area contributed by atoms with E-state index >= 15 is 0 Å². The van der Waals surface area contributed by atoms with Crippen LogP contribution in [0.3, 0.4) is 0 Å². The molecule has 156 valence electrons. The van der Waals surface area contributed by atoms with Gasteiger partial charge in [0.1, 0.15) is 11.3 Å². The summed E-state index contributed by atoms with van der Waals surface area (Å²) in [7, 11) is 3.27. The number of fused-ring (bicyclic) bond motifs is 1. The van der Waals surface area contributed by atoms with E-state index in [1.165, 1.54) is 4.57 Å². The number of anilines is 2. The summed E-state index contributed by atoms with van der Waals surface area (Å²) < 4.78 is 6.85. The molecule has 3 aromatic rings. The molecule has 2 amide bonds. The molecule has 1 N–H and O–H groups in total. The van der Waals surface area contributed by atoms with Gasteiger partial charge in [-0.3, -0.25) is 9.36 Å². The van der Waals surface area contributed by atoms with E-state index in [1.54, 1.807) is 31.3 Å². The van der Waals surface area contributed by atoms with Crippen LogP contribution in [0.5, 0.6) is 5.75 Å². The molecule has 0 spiro atoms. The Bertz CT molecular complexity index is 1150. The van der Waals surface area contributed by atoms with Crippen molar-refractivity contribution >= 4 is 28.7 Å². The van der Waals surface area contributed by atoms with Gasteiger partial charge in [-0.2, -0.15) is 0 Å². The second-order valence-corrected chi connectivity index (χ2v) is 7.25. The van der Waals surface area contributed by atoms with Crippen LogP contribution in [-0.4, -0.2) is 58.8 Å². The van der Waals surface area contributed by atoms with Gasteiger partial charge in [-0.25, -0.2) is 14.8 Å². The van der Waals surface area contributed by atoms with Crippen molar-refractivity contribution in [3.8, 4) is 5.75 Å². The number of hydrogen-bond acceptors (Lipinski definition) is 6. The minimum atomic E-state index is -0.192. The zero-order chi connectivity index (χ0) is 21.3. The van der Waals surface area contributed by atoms with E-state index < -0.39 is 0 Å². The van der Waals surface area contributed by atoms with Crippen LogP contribution < -0.4 is 20.5 Å². The van der Waals surface area contributed by atoms with Gasteiger partial charge < -0.3 is 19.9 Å². The van der Waals surface area contributed by atoms with Crippen LogP contribution in [0.1, 0.15) is 5.56 Å². The predicted molar refractivity (Wildman–Crippen MR) is 115 cm³/mol. The highest BCUT2D eigenvalue weighted by molar-refractivity contribution is 5.91. The van der Waals surface area contributed by atoms with Crippen molar-refractivity contribution in [2.75, 3.05) is 43.5 Å². The first-order valence-electron chi connectivity index (χ1n) is 9.75. The summed E-state index contributed by atoms with van der Waals surface area (Å²) in [5.41, 5.74) is 2.70. The summed E-state index contributed by atoms with van der Waals surface area (Å²) in [4.78, 5) is 37.9. The fraction of sp³-hybridized carbons (Fsp3) is 0.333. The van der Waals surface area contributed by atoms with Gasteiger partial charge in [0.05, 0.1) is 12.8 Å². The number of ether oxygens (including phenoxy) is 1. The van der Waals surface area contributed by atoms with E-state index in [9.17, 15) is 9.59 Å². The first-order chi connectivity index (χ1) is 14.5. The highest BCUT2D eigenvalue weighted by Crippen LogP contribution is 2.25. The number of aromatic nitrogens is 3. The van der Waals surface area contributed by atoms with Crippen LogP contribution in [0.25, 0.3) is 11.2 Å². The number of piperazine rings is 1. The summed E-state index contributed by atoms with van der Waals surface area (Å²) in [5, 5.41) is 2.93. The zero-order valence-electron chi connectivity index (χ0n) is 17.3. The maximum atomic E-state index is 12.8. The predicted octanol–water partition coefficient (Wildman–Crippen LogP) is 2.00. The molecule has 1 aromatic carbocycles. The lowest BCUT2D eigenvalue weighted by atomic mass is 10.2. The summed E-state index contributed by atoms with van der Waals surface area (Å²) in [6.45, 7) is 3.96. The monoisotopic (exact) mass is 408 g/mol. The van der Waals surface area contributed by atoms with E-state index in [0.29, 0.717) is 54.6 Å². The molecule has 0 radical (unpaired) electrons. The third-order valence-electron chi connectivity index (χ3n) is 5.27. The molecule has 9 nitrogen and oxygen atoms in total. The molecule has 0 unspecified atom stereocenters. The van der Waals surface area contributed by atoms with Crippen LogP contribution in [0, 0.1) is 6.92 Å². The Morgan fingerprint density at radius 2 is 1.93 bits per heavy atom. The molecular formula is C21H24N6O3. The van der Waals surface area contributed by atoms with Gasteiger partial charge >= 0.3 is 6.03 Å². The molecular weight excluding hydrogens is 384 g/mol. The molecule has 3 heterocycles. The number of rotatable bonds is 3. The number of carbonyl (C=O) groups is 1. The lowest BCUT2D eigenvalue weighted by Crippen LogP contribution is -2.51. The molecule has 1 saturated heterocycles. The number of amides is 2. The van der Waals surface area contributed by atoms with Crippen molar-refractivity contribution in [3.63, 3.8) is 0 Å². The lowest BCUT2D eigenvalue weighted by Gasteiger charge is -2.35. The molecule has 1 fully saturated rings. The number of nitrogens with zero attached hydrogens (tertiary/aromatic N) is 5. The number of aryl methyl sites for hydroxylation is 2. The summed E-state index contributed by atoms with van der Waals surface area (Å²) in [6.07, 6.45) is 1.64. The molecule has 1 aliphatic rings. The fourth-order valence-corrected chi connectivity index (χ4v) is 3.58. The van der Waals surface area contributed by atoms with Crippen LogP contribution in [-0.2, 0) is 7.05 Å². The highest BCUT2D eigenvalue weighted by Gasteiger charge is 2.25. The van der Waals surface area contributed by atoms with Gasteiger partial charge in [-0.15, -0.1) is 0 Å². The molecule has 0 saturated carbocycles. The Balaban J connectivity index is 1.47. The van der Waals surface area contributed by atoms with Gasteiger partial charge in [-0.05, 0) is 36.8 Å². The molecule has 2 aromatic heterocycles. The number of hydrogen-bond donors (Lipinski definition) is 1. The number of pyridine rings is 1. The molecule has 1 aliphatic heterocycles. The quantitative estimate of drug-likeness (QED) is 0.713.